The van der Waals surface area contributed by atoms with Gasteiger partial charge in [0.2, 0.25) is 17.7 Å². The molecule has 0 saturated carbocycles. The molecule has 372 valence electrons. The van der Waals surface area contributed by atoms with Crippen LogP contribution in [0.5, 0.6) is 5.75 Å². The maximum absolute atomic E-state index is 14.0. The van der Waals surface area contributed by atoms with E-state index < -0.39 is 46.2 Å². The molecule has 4 amide bonds. The van der Waals surface area contributed by atoms with Crippen molar-refractivity contribution in [1.82, 2.24) is 15.5 Å². The largest absolute Gasteiger partial charge is 0.494 e. The highest BCUT2D eigenvalue weighted by atomic mass is 32.1. The van der Waals surface area contributed by atoms with Gasteiger partial charge in [-0.3, -0.25) is 24.1 Å². The summed E-state index contributed by atoms with van der Waals surface area (Å²) in [5.74, 6) is -0.750. The molecule has 3 aromatic carbocycles. The summed E-state index contributed by atoms with van der Waals surface area (Å²) in [7, 11) is 0. The van der Waals surface area contributed by atoms with E-state index in [1.807, 2.05) is 52.8 Å². The quantitative estimate of drug-likeness (QED) is 0.0830. The van der Waals surface area contributed by atoms with Crippen molar-refractivity contribution < 1.29 is 46.6 Å². The first kappa shape index (κ1) is 52.8. The molecule has 0 spiro atoms. The second-order valence-electron chi connectivity index (χ2n) is 19.6. The monoisotopic (exact) mass is 974 g/mol. The average Bonchev–Trinajstić information content (AvgIpc) is 3.99. The van der Waals surface area contributed by atoms with Crippen LogP contribution in [0.25, 0.3) is 0 Å². The Morgan fingerprint density at radius 3 is 2.30 bits per heavy atom. The minimum absolute atomic E-state index is 0.0140. The number of hydrogen-bond acceptors (Lipinski definition) is 9. The molecule has 69 heavy (non-hydrogen) atoms. The van der Waals surface area contributed by atoms with E-state index in [1.165, 1.54) is 6.07 Å². The van der Waals surface area contributed by atoms with E-state index in [4.69, 9.17) is 26.4 Å². The normalized spacial score (nSPS) is 19.8. The molecule has 2 saturated heterocycles. The fourth-order valence-electron chi connectivity index (χ4n) is 9.04. The summed E-state index contributed by atoms with van der Waals surface area (Å²) in [6.07, 6.45) is 0.664. The maximum atomic E-state index is 14.0. The van der Waals surface area contributed by atoms with E-state index in [1.54, 1.807) is 54.0 Å². The number of hydrogen-bond donors (Lipinski definition) is 2. The first-order valence-electron chi connectivity index (χ1n) is 23.9. The lowest BCUT2D eigenvalue weighted by atomic mass is 9.85. The fraction of sp³-hybridized carbons (Fsp3) is 0.538. The number of fused-ring (bicyclic) bond motifs is 1. The molecule has 2 fully saturated rings. The van der Waals surface area contributed by atoms with E-state index in [0.29, 0.717) is 76.5 Å². The number of benzene rings is 3. The number of alkyl halides is 3. The number of carbonyl (C=O) groups is 4. The molecular weight excluding hydrogens is 910 g/mol. The minimum atomic E-state index is -4.79. The lowest BCUT2D eigenvalue weighted by Crippen LogP contribution is -2.58. The molecule has 13 nitrogen and oxygen atoms in total. The van der Waals surface area contributed by atoms with Gasteiger partial charge in [-0.05, 0) is 130 Å². The van der Waals surface area contributed by atoms with Gasteiger partial charge in [0, 0.05) is 44.4 Å². The fourth-order valence-corrected chi connectivity index (χ4v) is 9.56. The van der Waals surface area contributed by atoms with Crippen LogP contribution in [0, 0.1) is 22.7 Å². The van der Waals surface area contributed by atoms with Gasteiger partial charge < -0.3 is 34.6 Å². The number of amides is 4. The number of thiocarbonyl (C=S) groups is 1. The van der Waals surface area contributed by atoms with Crippen LogP contribution < -0.4 is 25.2 Å². The van der Waals surface area contributed by atoms with E-state index in [-0.39, 0.29) is 46.6 Å². The number of anilines is 2. The summed E-state index contributed by atoms with van der Waals surface area (Å²) >= 11 is 5.64. The van der Waals surface area contributed by atoms with Crippen molar-refractivity contribution in [2.24, 2.45) is 11.3 Å². The van der Waals surface area contributed by atoms with E-state index in [2.05, 4.69) is 16.7 Å². The summed E-state index contributed by atoms with van der Waals surface area (Å²) in [4.78, 5) is 58.8. The van der Waals surface area contributed by atoms with Gasteiger partial charge in [-0.15, -0.1) is 0 Å². The van der Waals surface area contributed by atoms with E-state index in [9.17, 15) is 37.6 Å². The van der Waals surface area contributed by atoms with Gasteiger partial charge in [-0.1, -0.05) is 58.9 Å². The Morgan fingerprint density at radius 2 is 1.62 bits per heavy atom. The van der Waals surface area contributed by atoms with Gasteiger partial charge in [0.05, 0.1) is 41.6 Å². The Bertz CT molecular complexity index is 2380. The number of rotatable bonds is 20. The van der Waals surface area contributed by atoms with Crippen molar-refractivity contribution in [3.63, 3.8) is 0 Å². The zero-order valence-electron chi connectivity index (χ0n) is 40.6. The number of halogens is 3. The standard InChI is InChI=1S/C52H65F3N6O7S/c1-8-33(2)45(62)58-44(50(3,4)5)47(64)59-25-14-18-41(59)46(63)57-43-39-17-11-10-16-34(39)30-42(43)68-29-15-27-66-26-12-9-13-28-67-38-23-21-36(22-24-38)61-49(69)60(48(65)51(61,6)7)37-20-19-35(32-56)40(31-37)52(53,54)55/h10-11,16-17,19-24,31,33,41-44H,8-9,12-15,18,25-30H2,1-7H3,(H,57,63)(H,58,62)/t33-,41+,42-,43+,44-/m1/s1. The van der Waals surface area contributed by atoms with Crippen molar-refractivity contribution >= 4 is 52.3 Å². The zero-order valence-corrected chi connectivity index (χ0v) is 41.4. The molecule has 2 aliphatic heterocycles. The first-order valence-corrected chi connectivity index (χ1v) is 24.3. The van der Waals surface area contributed by atoms with Gasteiger partial charge in [-0.25, -0.2) is 0 Å². The third-order valence-corrected chi connectivity index (χ3v) is 13.6. The molecule has 6 rings (SSSR count). The first-order chi connectivity index (χ1) is 32.7. The number of nitriles is 1. The Kier molecular flexibility index (Phi) is 17.2. The number of likely N-dealkylation sites (tertiary alicyclic amines) is 1. The molecule has 1 aliphatic carbocycles. The predicted octanol–water partition coefficient (Wildman–Crippen LogP) is 8.82. The molecule has 2 N–H and O–H groups in total. The highest BCUT2D eigenvalue weighted by molar-refractivity contribution is 7.81. The van der Waals surface area contributed by atoms with Crippen LogP contribution in [0.4, 0.5) is 24.5 Å². The van der Waals surface area contributed by atoms with Crippen molar-refractivity contribution in [1.29, 1.82) is 5.26 Å². The SMILES string of the molecule is CC[C@@H](C)C(=O)N[C@H](C(=O)N1CCC[C@H]1C(=O)N[C@H]1c2ccccc2C[C@H]1OCCCOCCCCCOc1ccc(N2C(=S)N(c3ccc(C#N)c(C(F)(F)F)c3)C(=O)C2(C)C)cc1)C(C)(C)C. The molecule has 0 radical (unpaired) electrons. The minimum Gasteiger partial charge on any atom is -0.494 e. The van der Waals surface area contributed by atoms with Gasteiger partial charge in [0.15, 0.2) is 5.11 Å². The number of unbranched alkanes of at least 4 members (excludes halogenated alkanes) is 2. The number of carbonyl (C=O) groups excluding carboxylic acids is 4. The lowest BCUT2D eigenvalue weighted by molar-refractivity contribution is -0.144. The van der Waals surface area contributed by atoms with Crippen LogP contribution in [-0.2, 0) is 41.2 Å². The van der Waals surface area contributed by atoms with Gasteiger partial charge in [-0.2, -0.15) is 18.4 Å². The molecule has 3 aliphatic rings. The second kappa shape index (κ2) is 22.5. The summed E-state index contributed by atoms with van der Waals surface area (Å²) < 4.78 is 59.4. The highest BCUT2D eigenvalue weighted by Gasteiger charge is 2.51. The van der Waals surface area contributed by atoms with Crippen LogP contribution in [0.15, 0.2) is 66.7 Å². The van der Waals surface area contributed by atoms with Crippen LogP contribution >= 0.6 is 12.2 Å². The van der Waals surface area contributed by atoms with E-state index >= 15 is 0 Å². The third-order valence-electron chi connectivity index (χ3n) is 13.2. The van der Waals surface area contributed by atoms with Gasteiger partial charge in [0.25, 0.3) is 5.91 Å². The number of nitrogens with one attached hydrogen (secondary N) is 2. The molecular formula is C52H65F3N6O7S. The third kappa shape index (κ3) is 12.2. The molecule has 0 bridgehead atoms. The number of nitrogens with zero attached hydrogens (tertiary/aromatic N) is 4. The van der Waals surface area contributed by atoms with Crippen LogP contribution in [0.2, 0.25) is 0 Å². The second-order valence-corrected chi connectivity index (χ2v) is 20.0. The average molecular weight is 975 g/mol. The summed E-state index contributed by atoms with van der Waals surface area (Å²) in [6, 6.07) is 17.9. The van der Waals surface area contributed by atoms with E-state index in [0.717, 1.165) is 47.4 Å². The molecule has 0 unspecified atom stereocenters. The van der Waals surface area contributed by atoms with Crippen molar-refractivity contribution in [2.75, 3.05) is 42.8 Å². The van der Waals surface area contributed by atoms with Crippen molar-refractivity contribution in [3.8, 4) is 11.8 Å². The summed E-state index contributed by atoms with van der Waals surface area (Å²) in [5, 5.41) is 15.5. The van der Waals surface area contributed by atoms with Crippen LogP contribution in [-0.4, -0.2) is 90.3 Å². The topological polar surface area (TPSA) is 154 Å². The maximum Gasteiger partial charge on any atom is 0.417 e. The Balaban J connectivity index is 0.908. The lowest BCUT2D eigenvalue weighted by Gasteiger charge is -2.36. The van der Waals surface area contributed by atoms with Crippen LogP contribution in [0.1, 0.15) is 122 Å². The molecule has 3 aromatic rings. The van der Waals surface area contributed by atoms with Crippen LogP contribution in [0.3, 0.4) is 0 Å². The van der Waals surface area contributed by atoms with Crippen molar-refractivity contribution in [2.45, 2.75) is 136 Å². The molecule has 5 atom stereocenters. The smallest absolute Gasteiger partial charge is 0.417 e. The molecule has 17 heteroatoms. The highest BCUT2D eigenvalue weighted by Crippen LogP contribution is 2.40. The summed E-state index contributed by atoms with van der Waals surface area (Å²) in [6.45, 7) is 15.3. The van der Waals surface area contributed by atoms with Gasteiger partial charge in [0.1, 0.15) is 23.4 Å². The summed E-state index contributed by atoms with van der Waals surface area (Å²) in [5.41, 5.74) is -0.828. The number of ether oxygens (including phenoxy) is 3. The molecule has 2 heterocycles. The molecule has 0 aromatic heterocycles. The Labute approximate surface area is 409 Å². The van der Waals surface area contributed by atoms with Gasteiger partial charge >= 0.3 is 6.18 Å². The Morgan fingerprint density at radius 1 is 0.942 bits per heavy atom. The van der Waals surface area contributed by atoms with Crippen molar-refractivity contribution in [3.05, 3.63) is 89.0 Å². The predicted molar refractivity (Wildman–Crippen MR) is 260 cm³/mol. The zero-order chi connectivity index (χ0) is 50.3. The Hall–Kier alpha value is -5.57.